The van der Waals surface area contributed by atoms with Gasteiger partial charge in [-0.15, -0.1) is 0 Å². The molecule has 2 aromatic carbocycles. The van der Waals surface area contributed by atoms with Gasteiger partial charge in [-0.25, -0.2) is 4.79 Å². The van der Waals surface area contributed by atoms with Crippen molar-refractivity contribution in [2.45, 2.75) is 30.0 Å². The number of rotatable bonds is 7. The summed E-state index contributed by atoms with van der Waals surface area (Å²) in [5.41, 5.74) is -0.500. The van der Waals surface area contributed by atoms with Gasteiger partial charge in [0.1, 0.15) is 0 Å². The van der Waals surface area contributed by atoms with Crippen LogP contribution in [0.15, 0.2) is 59.3 Å². The third-order valence-corrected chi connectivity index (χ3v) is 6.34. The number of anilines is 2. The fourth-order valence-electron chi connectivity index (χ4n) is 3.11. The molecule has 1 aromatic heterocycles. The molecule has 192 valence electrons. The molecule has 3 rings (SSSR count). The normalized spacial score (nSPS) is 12.2. The lowest BCUT2D eigenvalue weighted by Gasteiger charge is -2.24. The SMILES string of the molecule is CC(C)(O)CNC(=O)C(Cl)(Cl)c1ccc(-c2ccsc2)c(NC(=O)Nc2cccc(C(F)(F)F)c2)c1. The van der Waals surface area contributed by atoms with Crippen molar-refractivity contribution >= 4 is 57.9 Å². The molecule has 0 saturated carbocycles. The number of benzene rings is 2. The second kappa shape index (κ2) is 10.7. The van der Waals surface area contributed by atoms with Gasteiger partial charge < -0.3 is 21.1 Å². The van der Waals surface area contributed by atoms with Crippen LogP contribution in [0.2, 0.25) is 0 Å². The summed E-state index contributed by atoms with van der Waals surface area (Å²) in [5.74, 6) is -0.782. The molecule has 0 atom stereocenters. The van der Waals surface area contributed by atoms with Gasteiger partial charge in [0.2, 0.25) is 4.33 Å². The zero-order valence-electron chi connectivity index (χ0n) is 19.0. The molecule has 0 aliphatic heterocycles. The number of hydrogen-bond acceptors (Lipinski definition) is 4. The Hall–Kier alpha value is -2.79. The number of aliphatic hydroxyl groups is 1. The molecule has 0 unspecified atom stereocenters. The molecular weight excluding hydrogens is 538 g/mol. The molecule has 6 nitrogen and oxygen atoms in total. The van der Waals surface area contributed by atoms with E-state index in [-0.39, 0.29) is 23.5 Å². The molecule has 0 saturated heterocycles. The largest absolute Gasteiger partial charge is 0.416 e. The number of carbonyl (C=O) groups excluding carboxylic acids is 2. The van der Waals surface area contributed by atoms with Crippen molar-refractivity contribution in [1.29, 1.82) is 0 Å². The summed E-state index contributed by atoms with van der Waals surface area (Å²) in [6, 6.07) is 9.73. The fourth-order valence-corrected chi connectivity index (χ4v) is 4.13. The predicted molar refractivity (Wildman–Crippen MR) is 137 cm³/mol. The lowest BCUT2D eigenvalue weighted by Crippen LogP contribution is -2.44. The highest BCUT2D eigenvalue weighted by Gasteiger charge is 2.37. The summed E-state index contributed by atoms with van der Waals surface area (Å²) in [4.78, 5) is 25.3. The predicted octanol–water partition coefficient (Wildman–Crippen LogP) is 6.60. The van der Waals surface area contributed by atoms with Crippen molar-refractivity contribution in [2.24, 2.45) is 0 Å². The van der Waals surface area contributed by atoms with Crippen molar-refractivity contribution < 1.29 is 27.9 Å². The first kappa shape index (κ1) is 27.8. The molecule has 0 spiro atoms. The highest BCUT2D eigenvalue weighted by atomic mass is 35.5. The van der Waals surface area contributed by atoms with Gasteiger partial charge in [-0.05, 0) is 66.1 Å². The molecule has 3 amide bonds. The van der Waals surface area contributed by atoms with Crippen LogP contribution in [-0.2, 0) is 15.3 Å². The second-order valence-electron chi connectivity index (χ2n) is 8.50. The molecule has 0 bridgehead atoms. The number of urea groups is 1. The van der Waals surface area contributed by atoms with Crippen LogP contribution >= 0.6 is 34.5 Å². The van der Waals surface area contributed by atoms with E-state index in [0.29, 0.717) is 5.56 Å². The van der Waals surface area contributed by atoms with E-state index in [2.05, 4.69) is 16.0 Å². The van der Waals surface area contributed by atoms with Crippen molar-refractivity contribution in [2.75, 3.05) is 17.2 Å². The second-order valence-corrected chi connectivity index (χ2v) is 10.6. The minimum Gasteiger partial charge on any atom is -0.389 e. The number of halogens is 5. The molecule has 1 heterocycles. The van der Waals surface area contributed by atoms with Gasteiger partial charge in [-0.1, -0.05) is 41.4 Å². The van der Waals surface area contributed by atoms with Gasteiger partial charge in [-0.3, -0.25) is 4.79 Å². The molecule has 0 aliphatic rings. The van der Waals surface area contributed by atoms with E-state index in [0.717, 1.165) is 17.7 Å². The van der Waals surface area contributed by atoms with Crippen LogP contribution in [0.3, 0.4) is 0 Å². The van der Waals surface area contributed by atoms with E-state index in [1.165, 1.54) is 49.4 Å². The summed E-state index contributed by atoms with van der Waals surface area (Å²) in [6.45, 7) is 2.89. The molecule has 3 aromatic rings. The van der Waals surface area contributed by atoms with E-state index in [1.54, 1.807) is 12.1 Å². The standard InChI is InChI=1S/C24H22Cl2F3N3O3S/c1-22(2,35)13-30-20(33)23(25,26)15-6-7-18(14-8-9-36-12-14)19(11-15)32-21(34)31-17-5-3-4-16(10-17)24(27,28)29/h3-12,35H,13H2,1-2H3,(H,30,33)(H2,31,32,34). The van der Waals surface area contributed by atoms with Crippen LogP contribution < -0.4 is 16.0 Å². The van der Waals surface area contributed by atoms with Gasteiger partial charge in [0, 0.05) is 17.8 Å². The first-order chi connectivity index (χ1) is 16.7. The average molecular weight is 560 g/mol. The number of hydrogen-bond donors (Lipinski definition) is 4. The van der Waals surface area contributed by atoms with Gasteiger partial charge >= 0.3 is 12.2 Å². The Labute approximate surface area is 219 Å². The summed E-state index contributed by atoms with van der Waals surface area (Å²) in [5, 5.41) is 21.0. The maximum atomic E-state index is 13.0. The third kappa shape index (κ3) is 7.13. The first-order valence-electron chi connectivity index (χ1n) is 10.5. The van der Waals surface area contributed by atoms with Crippen LogP contribution in [-0.4, -0.2) is 29.2 Å². The summed E-state index contributed by atoms with van der Waals surface area (Å²) in [7, 11) is 0. The van der Waals surface area contributed by atoms with Gasteiger partial charge in [-0.2, -0.15) is 24.5 Å². The van der Waals surface area contributed by atoms with Crippen molar-refractivity contribution in [3.63, 3.8) is 0 Å². The topological polar surface area (TPSA) is 90.5 Å². The van der Waals surface area contributed by atoms with Crippen LogP contribution in [0.5, 0.6) is 0 Å². The highest BCUT2D eigenvalue weighted by molar-refractivity contribution is 7.08. The number of thiophene rings is 1. The monoisotopic (exact) mass is 559 g/mol. The summed E-state index contributed by atoms with van der Waals surface area (Å²) >= 11 is 14.1. The Bertz CT molecular complexity index is 1240. The number of carbonyl (C=O) groups is 2. The smallest absolute Gasteiger partial charge is 0.389 e. The molecule has 0 aliphatic carbocycles. The lowest BCUT2D eigenvalue weighted by atomic mass is 10.0. The highest BCUT2D eigenvalue weighted by Crippen LogP contribution is 2.39. The minimum atomic E-state index is -4.57. The lowest BCUT2D eigenvalue weighted by molar-refractivity contribution is -0.137. The Morgan fingerprint density at radius 2 is 1.72 bits per heavy atom. The zero-order chi connectivity index (χ0) is 26.7. The number of amides is 3. The quantitative estimate of drug-likeness (QED) is 0.246. The van der Waals surface area contributed by atoms with Crippen molar-refractivity contribution in [1.82, 2.24) is 5.32 Å². The fraction of sp³-hybridized carbons (Fsp3) is 0.250. The van der Waals surface area contributed by atoms with E-state index in [9.17, 15) is 27.9 Å². The summed E-state index contributed by atoms with van der Waals surface area (Å²) < 4.78 is 37.0. The minimum absolute atomic E-state index is 0.0643. The van der Waals surface area contributed by atoms with Gasteiger partial charge in [0.15, 0.2) is 0 Å². The Morgan fingerprint density at radius 1 is 1.00 bits per heavy atom. The molecule has 12 heteroatoms. The van der Waals surface area contributed by atoms with E-state index >= 15 is 0 Å². The van der Waals surface area contributed by atoms with Crippen LogP contribution in [0.1, 0.15) is 25.0 Å². The molecule has 0 radical (unpaired) electrons. The Morgan fingerprint density at radius 3 is 2.33 bits per heavy atom. The van der Waals surface area contributed by atoms with E-state index in [4.69, 9.17) is 23.2 Å². The maximum Gasteiger partial charge on any atom is 0.416 e. The van der Waals surface area contributed by atoms with Crippen molar-refractivity contribution in [3.05, 3.63) is 70.4 Å². The van der Waals surface area contributed by atoms with Crippen LogP contribution in [0.25, 0.3) is 11.1 Å². The van der Waals surface area contributed by atoms with Crippen LogP contribution in [0.4, 0.5) is 29.3 Å². The van der Waals surface area contributed by atoms with Crippen LogP contribution in [0, 0.1) is 0 Å². The maximum absolute atomic E-state index is 13.0. The Balaban J connectivity index is 1.89. The van der Waals surface area contributed by atoms with Gasteiger partial charge in [0.05, 0.1) is 16.9 Å². The van der Waals surface area contributed by atoms with Crippen molar-refractivity contribution in [3.8, 4) is 11.1 Å². The molecular formula is C24H22Cl2F3N3O3S. The number of nitrogens with one attached hydrogen (secondary N) is 3. The van der Waals surface area contributed by atoms with Gasteiger partial charge in [0.25, 0.3) is 5.91 Å². The molecule has 36 heavy (non-hydrogen) atoms. The zero-order valence-corrected chi connectivity index (χ0v) is 21.4. The average Bonchev–Trinajstić information content (AvgIpc) is 3.31. The third-order valence-electron chi connectivity index (χ3n) is 4.88. The van der Waals surface area contributed by atoms with E-state index in [1.807, 2.05) is 10.8 Å². The Kier molecular flexibility index (Phi) is 8.24. The molecule has 4 N–H and O–H groups in total. The number of alkyl halides is 5. The summed E-state index contributed by atoms with van der Waals surface area (Å²) in [6.07, 6.45) is -4.57. The molecule has 0 fully saturated rings. The first-order valence-corrected chi connectivity index (χ1v) is 12.2. The van der Waals surface area contributed by atoms with E-state index < -0.39 is 33.6 Å².